The molecule has 0 aromatic heterocycles. The standard InChI is InChI=1S/C14H17N3O2/c1-11(14(18)17-6-8-19-9-7-17)16-13-4-2-12(10-15)3-5-13/h2-5,11,16H,6-9H2,1H3. The number of hydrogen-bond donors (Lipinski definition) is 1. The van der Waals surface area contributed by atoms with Gasteiger partial charge in [0.2, 0.25) is 5.91 Å². The van der Waals surface area contributed by atoms with E-state index in [0.717, 1.165) is 5.69 Å². The molecule has 1 aliphatic heterocycles. The van der Waals surface area contributed by atoms with Gasteiger partial charge in [-0.25, -0.2) is 0 Å². The van der Waals surface area contributed by atoms with Crippen LogP contribution >= 0.6 is 0 Å². The van der Waals surface area contributed by atoms with Crippen LogP contribution in [0, 0.1) is 11.3 Å². The van der Waals surface area contributed by atoms with Crippen molar-refractivity contribution in [2.45, 2.75) is 13.0 Å². The summed E-state index contributed by atoms with van der Waals surface area (Å²) < 4.78 is 5.23. The van der Waals surface area contributed by atoms with Gasteiger partial charge in [0, 0.05) is 18.8 Å². The van der Waals surface area contributed by atoms with Crippen LogP contribution in [0.2, 0.25) is 0 Å². The summed E-state index contributed by atoms with van der Waals surface area (Å²) in [5, 5.41) is 11.9. The Morgan fingerprint density at radius 3 is 2.58 bits per heavy atom. The zero-order valence-electron chi connectivity index (χ0n) is 10.9. The van der Waals surface area contributed by atoms with E-state index >= 15 is 0 Å². The first-order valence-electron chi connectivity index (χ1n) is 6.34. The lowest BCUT2D eigenvalue weighted by Crippen LogP contribution is -2.46. The summed E-state index contributed by atoms with van der Waals surface area (Å²) in [4.78, 5) is 14.0. The Morgan fingerprint density at radius 1 is 1.37 bits per heavy atom. The van der Waals surface area contributed by atoms with Crippen molar-refractivity contribution in [1.29, 1.82) is 5.26 Å². The molecule has 1 unspecified atom stereocenters. The van der Waals surface area contributed by atoms with E-state index in [1.807, 2.05) is 24.0 Å². The Kier molecular flexibility index (Phi) is 4.37. The van der Waals surface area contributed by atoms with E-state index < -0.39 is 0 Å². The second kappa shape index (κ2) is 6.21. The van der Waals surface area contributed by atoms with E-state index in [1.54, 1.807) is 12.1 Å². The Balaban J connectivity index is 1.93. The average molecular weight is 259 g/mol. The number of morpholine rings is 1. The van der Waals surface area contributed by atoms with Gasteiger partial charge in [0.1, 0.15) is 6.04 Å². The molecule has 1 N–H and O–H groups in total. The zero-order chi connectivity index (χ0) is 13.7. The normalized spacial score (nSPS) is 16.5. The third kappa shape index (κ3) is 3.46. The van der Waals surface area contributed by atoms with Crippen molar-refractivity contribution in [2.75, 3.05) is 31.6 Å². The van der Waals surface area contributed by atoms with E-state index in [9.17, 15) is 4.79 Å². The van der Waals surface area contributed by atoms with Crippen LogP contribution in [0.3, 0.4) is 0 Å². The SMILES string of the molecule is CC(Nc1ccc(C#N)cc1)C(=O)N1CCOCC1. The van der Waals surface area contributed by atoms with E-state index in [4.69, 9.17) is 10.00 Å². The minimum atomic E-state index is -0.286. The lowest BCUT2D eigenvalue weighted by atomic mass is 10.2. The third-order valence-electron chi connectivity index (χ3n) is 3.09. The molecule has 1 amide bonds. The van der Waals surface area contributed by atoms with Crippen LogP contribution in [0.25, 0.3) is 0 Å². The summed E-state index contributed by atoms with van der Waals surface area (Å²) in [6, 6.07) is 8.85. The highest BCUT2D eigenvalue weighted by molar-refractivity contribution is 5.84. The van der Waals surface area contributed by atoms with Crippen LogP contribution in [-0.4, -0.2) is 43.2 Å². The Morgan fingerprint density at radius 2 is 2.00 bits per heavy atom. The van der Waals surface area contributed by atoms with E-state index in [1.165, 1.54) is 0 Å². The highest BCUT2D eigenvalue weighted by Crippen LogP contribution is 2.11. The fourth-order valence-electron chi connectivity index (χ4n) is 2.01. The smallest absolute Gasteiger partial charge is 0.244 e. The summed E-state index contributed by atoms with van der Waals surface area (Å²) >= 11 is 0. The van der Waals surface area contributed by atoms with Gasteiger partial charge < -0.3 is 15.0 Å². The molecule has 1 heterocycles. The highest BCUT2D eigenvalue weighted by Gasteiger charge is 2.22. The molecule has 1 aromatic rings. The molecular weight excluding hydrogens is 242 g/mol. The van der Waals surface area contributed by atoms with Crippen LogP contribution in [-0.2, 0) is 9.53 Å². The fraction of sp³-hybridized carbons (Fsp3) is 0.429. The summed E-state index contributed by atoms with van der Waals surface area (Å²) in [5.74, 6) is 0.0765. The average Bonchev–Trinajstić information content (AvgIpc) is 2.48. The van der Waals surface area contributed by atoms with Gasteiger partial charge in [-0.15, -0.1) is 0 Å². The van der Waals surface area contributed by atoms with Crippen LogP contribution in [0.15, 0.2) is 24.3 Å². The molecule has 1 fully saturated rings. The third-order valence-corrected chi connectivity index (χ3v) is 3.09. The number of nitriles is 1. The first kappa shape index (κ1) is 13.4. The predicted octanol–water partition coefficient (Wildman–Crippen LogP) is 1.22. The van der Waals surface area contributed by atoms with Gasteiger partial charge in [-0.1, -0.05) is 0 Å². The van der Waals surface area contributed by atoms with Gasteiger partial charge in [0.25, 0.3) is 0 Å². The number of benzene rings is 1. The van der Waals surface area contributed by atoms with Crippen LogP contribution in [0.5, 0.6) is 0 Å². The van der Waals surface area contributed by atoms with E-state index in [2.05, 4.69) is 11.4 Å². The van der Waals surface area contributed by atoms with Gasteiger partial charge in [-0.05, 0) is 31.2 Å². The summed E-state index contributed by atoms with van der Waals surface area (Å²) in [7, 11) is 0. The molecule has 5 heteroatoms. The van der Waals surface area contributed by atoms with Crippen molar-refractivity contribution in [3.63, 3.8) is 0 Å². The number of rotatable bonds is 3. The predicted molar refractivity (Wildman–Crippen MR) is 71.6 cm³/mol. The van der Waals surface area contributed by atoms with Gasteiger partial charge in [0.05, 0.1) is 24.8 Å². The van der Waals surface area contributed by atoms with Gasteiger partial charge in [-0.3, -0.25) is 4.79 Å². The van der Waals surface area contributed by atoms with Gasteiger partial charge in [0.15, 0.2) is 0 Å². The molecule has 0 aliphatic carbocycles. The molecule has 1 saturated heterocycles. The van der Waals surface area contributed by atoms with Crippen LogP contribution < -0.4 is 5.32 Å². The minimum absolute atomic E-state index is 0.0765. The minimum Gasteiger partial charge on any atom is -0.378 e. The van der Waals surface area contributed by atoms with E-state index in [0.29, 0.717) is 31.9 Å². The Labute approximate surface area is 112 Å². The number of carbonyl (C=O) groups is 1. The zero-order valence-corrected chi connectivity index (χ0v) is 10.9. The summed E-state index contributed by atoms with van der Waals surface area (Å²) in [6.45, 7) is 4.36. The van der Waals surface area contributed by atoms with Crippen molar-refractivity contribution >= 4 is 11.6 Å². The highest BCUT2D eigenvalue weighted by atomic mass is 16.5. The molecule has 5 nitrogen and oxygen atoms in total. The summed E-state index contributed by atoms with van der Waals surface area (Å²) in [6.07, 6.45) is 0. The number of hydrogen-bond acceptors (Lipinski definition) is 4. The number of ether oxygens (including phenoxy) is 1. The second-order valence-corrected chi connectivity index (χ2v) is 4.49. The van der Waals surface area contributed by atoms with Crippen molar-refractivity contribution in [3.05, 3.63) is 29.8 Å². The first-order chi connectivity index (χ1) is 9.20. The van der Waals surface area contributed by atoms with Gasteiger partial charge >= 0.3 is 0 Å². The maximum Gasteiger partial charge on any atom is 0.244 e. The molecule has 19 heavy (non-hydrogen) atoms. The number of carbonyl (C=O) groups excluding carboxylic acids is 1. The quantitative estimate of drug-likeness (QED) is 0.886. The molecule has 0 radical (unpaired) electrons. The summed E-state index contributed by atoms with van der Waals surface area (Å²) in [5.41, 5.74) is 1.45. The lowest BCUT2D eigenvalue weighted by molar-refractivity contribution is -0.135. The maximum absolute atomic E-state index is 12.2. The molecule has 0 spiro atoms. The molecule has 100 valence electrons. The molecule has 2 rings (SSSR count). The maximum atomic E-state index is 12.2. The molecule has 1 aliphatic rings. The van der Waals surface area contributed by atoms with Crippen LogP contribution in [0.4, 0.5) is 5.69 Å². The number of anilines is 1. The molecule has 0 saturated carbocycles. The Hall–Kier alpha value is -2.06. The monoisotopic (exact) mass is 259 g/mol. The number of nitrogens with zero attached hydrogens (tertiary/aromatic N) is 2. The molecular formula is C14H17N3O2. The topological polar surface area (TPSA) is 65.4 Å². The Bertz CT molecular complexity index is 472. The first-order valence-corrected chi connectivity index (χ1v) is 6.34. The molecule has 1 atom stereocenters. The van der Waals surface area contributed by atoms with E-state index in [-0.39, 0.29) is 11.9 Å². The molecule has 0 bridgehead atoms. The molecule has 1 aromatic carbocycles. The van der Waals surface area contributed by atoms with Crippen molar-refractivity contribution in [2.24, 2.45) is 0 Å². The van der Waals surface area contributed by atoms with Crippen LogP contribution in [0.1, 0.15) is 12.5 Å². The second-order valence-electron chi connectivity index (χ2n) is 4.49. The largest absolute Gasteiger partial charge is 0.378 e. The van der Waals surface area contributed by atoms with Crippen molar-refractivity contribution in [3.8, 4) is 6.07 Å². The van der Waals surface area contributed by atoms with Crippen molar-refractivity contribution < 1.29 is 9.53 Å². The van der Waals surface area contributed by atoms with Gasteiger partial charge in [-0.2, -0.15) is 5.26 Å². The lowest BCUT2D eigenvalue weighted by Gasteiger charge is -2.29. The fourth-order valence-corrected chi connectivity index (χ4v) is 2.01. The number of nitrogens with one attached hydrogen (secondary N) is 1. The van der Waals surface area contributed by atoms with Crippen molar-refractivity contribution in [1.82, 2.24) is 4.90 Å². The number of amides is 1.